The smallest absolute Gasteiger partial charge is 0.243 e. The zero-order chi connectivity index (χ0) is 12.5. The Balaban J connectivity index is 2.25. The van der Waals surface area contributed by atoms with Gasteiger partial charge < -0.3 is 5.11 Å². The van der Waals surface area contributed by atoms with Crippen LogP contribution in [-0.4, -0.2) is 30.9 Å². The molecule has 0 atom stereocenters. The summed E-state index contributed by atoms with van der Waals surface area (Å²) in [6, 6.07) is 5.84. The lowest BCUT2D eigenvalue weighted by Gasteiger charge is -2.29. The Morgan fingerprint density at radius 1 is 1.29 bits per heavy atom. The second kappa shape index (κ2) is 4.66. The Kier molecular flexibility index (Phi) is 3.40. The number of phenols is 1. The molecule has 0 saturated carbocycles. The standard InChI is InChI=1S/C12H17NO3S/c1-10-5-7-13(8-6-10)17(15,16)12-4-2-3-11(14)9-12/h2-4,9-10,14H,5-8H2,1H3. The topological polar surface area (TPSA) is 57.6 Å². The Bertz CT molecular complexity index is 490. The minimum absolute atomic E-state index is 0.0172. The van der Waals surface area contributed by atoms with Gasteiger partial charge in [0.05, 0.1) is 4.90 Å². The molecular formula is C12H17NO3S. The Morgan fingerprint density at radius 3 is 2.53 bits per heavy atom. The maximum Gasteiger partial charge on any atom is 0.243 e. The highest BCUT2D eigenvalue weighted by Crippen LogP contribution is 2.24. The van der Waals surface area contributed by atoms with Crippen LogP contribution in [0.2, 0.25) is 0 Å². The van der Waals surface area contributed by atoms with E-state index in [1.165, 1.54) is 22.5 Å². The number of phenolic OH excluding ortho intramolecular Hbond substituents is 1. The fourth-order valence-electron chi connectivity index (χ4n) is 2.02. The van der Waals surface area contributed by atoms with Crippen molar-refractivity contribution >= 4 is 10.0 Å². The van der Waals surface area contributed by atoms with Crippen LogP contribution in [0.1, 0.15) is 19.8 Å². The van der Waals surface area contributed by atoms with Gasteiger partial charge in [0.1, 0.15) is 5.75 Å². The number of hydrogen-bond acceptors (Lipinski definition) is 3. The number of nitrogens with zero attached hydrogens (tertiary/aromatic N) is 1. The van der Waals surface area contributed by atoms with Crippen molar-refractivity contribution in [1.82, 2.24) is 4.31 Å². The summed E-state index contributed by atoms with van der Waals surface area (Å²) >= 11 is 0. The predicted octanol–water partition coefficient (Wildman–Crippen LogP) is 1.81. The summed E-state index contributed by atoms with van der Waals surface area (Å²) in [4.78, 5) is 0.173. The first-order chi connectivity index (χ1) is 8.00. The number of piperidine rings is 1. The molecule has 1 N–H and O–H groups in total. The molecule has 5 heteroatoms. The zero-order valence-electron chi connectivity index (χ0n) is 9.83. The third-order valence-corrected chi connectivity index (χ3v) is 5.09. The van der Waals surface area contributed by atoms with Crippen LogP contribution < -0.4 is 0 Å². The fourth-order valence-corrected chi connectivity index (χ4v) is 3.53. The van der Waals surface area contributed by atoms with E-state index in [-0.39, 0.29) is 10.6 Å². The predicted molar refractivity (Wildman–Crippen MR) is 65.3 cm³/mol. The van der Waals surface area contributed by atoms with Crippen LogP contribution in [0.15, 0.2) is 29.2 Å². The monoisotopic (exact) mass is 255 g/mol. The third kappa shape index (κ3) is 2.61. The van der Waals surface area contributed by atoms with Gasteiger partial charge in [-0.25, -0.2) is 8.42 Å². The molecule has 1 aromatic rings. The Morgan fingerprint density at radius 2 is 1.94 bits per heavy atom. The van der Waals surface area contributed by atoms with Crippen LogP contribution in [0.4, 0.5) is 0 Å². The molecular weight excluding hydrogens is 238 g/mol. The van der Waals surface area contributed by atoms with Crippen molar-refractivity contribution in [2.45, 2.75) is 24.7 Å². The van der Waals surface area contributed by atoms with E-state index >= 15 is 0 Å². The average Bonchev–Trinajstić information content (AvgIpc) is 2.29. The van der Waals surface area contributed by atoms with Crippen LogP contribution in [-0.2, 0) is 10.0 Å². The van der Waals surface area contributed by atoms with E-state index in [0.29, 0.717) is 19.0 Å². The van der Waals surface area contributed by atoms with Crippen molar-refractivity contribution in [2.24, 2.45) is 5.92 Å². The SMILES string of the molecule is CC1CCN(S(=O)(=O)c2cccc(O)c2)CC1. The van der Waals surface area contributed by atoms with Crippen LogP contribution in [0.3, 0.4) is 0 Å². The molecule has 1 aromatic carbocycles. The molecule has 0 bridgehead atoms. The summed E-state index contributed by atoms with van der Waals surface area (Å²) in [6.45, 7) is 3.27. The maximum absolute atomic E-state index is 12.3. The molecule has 1 heterocycles. The largest absolute Gasteiger partial charge is 0.508 e. The number of sulfonamides is 1. The van der Waals surface area contributed by atoms with E-state index in [2.05, 4.69) is 6.92 Å². The van der Waals surface area contributed by atoms with E-state index in [1.54, 1.807) is 6.07 Å². The summed E-state index contributed by atoms with van der Waals surface area (Å²) in [5.41, 5.74) is 0. The van der Waals surface area contributed by atoms with Crippen molar-refractivity contribution in [1.29, 1.82) is 0 Å². The lowest BCUT2D eigenvalue weighted by atomic mass is 10.0. The van der Waals surface area contributed by atoms with Crippen molar-refractivity contribution in [3.8, 4) is 5.75 Å². The third-order valence-electron chi connectivity index (χ3n) is 3.20. The average molecular weight is 255 g/mol. The first-order valence-corrected chi connectivity index (χ1v) is 7.23. The van der Waals surface area contributed by atoms with Crippen molar-refractivity contribution in [3.63, 3.8) is 0 Å². The van der Waals surface area contributed by atoms with Gasteiger partial charge in [-0.2, -0.15) is 4.31 Å². The van der Waals surface area contributed by atoms with Gasteiger partial charge in [-0.3, -0.25) is 0 Å². The summed E-state index contributed by atoms with van der Waals surface area (Å²) in [5.74, 6) is 0.571. The summed E-state index contributed by atoms with van der Waals surface area (Å²) in [7, 11) is -3.43. The van der Waals surface area contributed by atoms with E-state index < -0.39 is 10.0 Å². The van der Waals surface area contributed by atoms with E-state index in [4.69, 9.17) is 0 Å². The molecule has 0 unspecified atom stereocenters. The highest BCUT2D eigenvalue weighted by atomic mass is 32.2. The first-order valence-electron chi connectivity index (χ1n) is 5.79. The zero-order valence-corrected chi connectivity index (χ0v) is 10.7. The highest BCUT2D eigenvalue weighted by Gasteiger charge is 2.27. The van der Waals surface area contributed by atoms with Gasteiger partial charge in [0.2, 0.25) is 10.0 Å². The summed E-state index contributed by atoms with van der Waals surface area (Å²) in [5, 5.41) is 9.33. The number of benzene rings is 1. The molecule has 0 radical (unpaired) electrons. The van der Waals surface area contributed by atoms with Gasteiger partial charge >= 0.3 is 0 Å². The Hall–Kier alpha value is -1.07. The van der Waals surface area contributed by atoms with Gasteiger partial charge in [0.25, 0.3) is 0 Å². The first kappa shape index (κ1) is 12.4. The number of hydrogen-bond donors (Lipinski definition) is 1. The van der Waals surface area contributed by atoms with Gasteiger partial charge in [0, 0.05) is 13.1 Å². The molecule has 0 amide bonds. The van der Waals surface area contributed by atoms with E-state index in [1.807, 2.05) is 0 Å². The van der Waals surface area contributed by atoms with Crippen LogP contribution in [0.25, 0.3) is 0 Å². The Labute approximate surface area is 102 Å². The summed E-state index contributed by atoms with van der Waals surface area (Å²) in [6.07, 6.45) is 1.80. The second-order valence-corrected chi connectivity index (χ2v) is 6.52. The molecule has 0 aliphatic carbocycles. The van der Waals surface area contributed by atoms with Crippen LogP contribution in [0, 0.1) is 5.92 Å². The molecule has 1 aliphatic heterocycles. The van der Waals surface area contributed by atoms with Gasteiger partial charge in [-0.1, -0.05) is 13.0 Å². The molecule has 94 valence electrons. The quantitative estimate of drug-likeness (QED) is 0.877. The van der Waals surface area contributed by atoms with Crippen LogP contribution >= 0.6 is 0 Å². The second-order valence-electron chi connectivity index (χ2n) is 4.58. The normalized spacial score (nSPS) is 19.4. The minimum Gasteiger partial charge on any atom is -0.508 e. The molecule has 0 spiro atoms. The van der Waals surface area contributed by atoms with E-state index in [9.17, 15) is 13.5 Å². The highest BCUT2D eigenvalue weighted by molar-refractivity contribution is 7.89. The van der Waals surface area contributed by atoms with Crippen molar-refractivity contribution < 1.29 is 13.5 Å². The lowest BCUT2D eigenvalue weighted by Crippen LogP contribution is -2.37. The van der Waals surface area contributed by atoms with Gasteiger partial charge in [-0.15, -0.1) is 0 Å². The van der Waals surface area contributed by atoms with E-state index in [0.717, 1.165) is 12.8 Å². The molecule has 17 heavy (non-hydrogen) atoms. The molecule has 1 fully saturated rings. The molecule has 1 aliphatic rings. The minimum atomic E-state index is -3.43. The van der Waals surface area contributed by atoms with Crippen LogP contribution in [0.5, 0.6) is 5.75 Å². The van der Waals surface area contributed by atoms with Gasteiger partial charge in [-0.05, 0) is 37.0 Å². The number of aromatic hydroxyl groups is 1. The molecule has 0 aromatic heterocycles. The maximum atomic E-state index is 12.3. The van der Waals surface area contributed by atoms with Gasteiger partial charge in [0.15, 0.2) is 0 Å². The molecule has 1 saturated heterocycles. The fraction of sp³-hybridized carbons (Fsp3) is 0.500. The lowest BCUT2D eigenvalue weighted by molar-refractivity contribution is 0.288. The molecule has 2 rings (SSSR count). The molecule has 4 nitrogen and oxygen atoms in total. The number of rotatable bonds is 2. The summed E-state index contributed by atoms with van der Waals surface area (Å²) < 4.78 is 26.0. The van der Waals surface area contributed by atoms with Crippen molar-refractivity contribution in [2.75, 3.05) is 13.1 Å². The van der Waals surface area contributed by atoms with Crippen molar-refractivity contribution in [3.05, 3.63) is 24.3 Å².